The van der Waals surface area contributed by atoms with Crippen LogP contribution in [0.3, 0.4) is 0 Å². The number of nitrogens with two attached hydrogens (primary N) is 3. The van der Waals surface area contributed by atoms with E-state index in [9.17, 15) is 19.2 Å². The van der Waals surface area contributed by atoms with Crippen LogP contribution < -0.4 is 22.5 Å². The number of nitrogens with one attached hydrogen (secondary N) is 1. The van der Waals surface area contributed by atoms with E-state index in [0.717, 1.165) is 32.1 Å². The normalized spacial score (nSPS) is 12.2. The molecule has 0 fully saturated rings. The molecule has 0 aromatic heterocycles. The number of carbonyl (C=O) groups excluding carboxylic acids is 2. The van der Waals surface area contributed by atoms with Crippen molar-refractivity contribution in [1.82, 2.24) is 5.32 Å². The molecule has 0 heterocycles. The molecule has 0 rings (SSSR count). The van der Waals surface area contributed by atoms with Gasteiger partial charge in [0.15, 0.2) is 0 Å². The van der Waals surface area contributed by atoms with Gasteiger partial charge in [-0.15, -0.1) is 0 Å². The van der Waals surface area contributed by atoms with Crippen LogP contribution in [0.1, 0.15) is 103 Å². The summed E-state index contributed by atoms with van der Waals surface area (Å²) < 4.78 is 0. The number of amides is 2. The Balaban J connectivity index is 0. The van der Waals surface area contributed by atoms with Gasteiger partial charge in [0.1, 0.15) is 12.1 Å². The first-order valence-electron chi connectivity index (χ1n) is 12.1. The quantitative estimate of drug-likeness (QED) is 0.144. The van der Waals surface area contributed by atoms with Gasteiger partial charge in [0.05, 0.1) is 0 Å². The summed E-state index contributed by atoms with van der Waals surface area (Å²) in [5, 5.41) is 19.8. The second kappa shape index (κ2) is 23.0. The number of carboxylic acids is 2. The van der Waals surface area contributed by atoms with Crippen molar-refractivity contribution in [3.63, 3.8) is 0 Å². The third-order valence-corrected chi connectivity index (χ3v) is 5.11. The Morgan fingerprint density at radius 3 is 1.76 bits per heavy atom. The molecule has 0 aliphatic heterocycles. The third kappa shape index (κ3) is 24.3. The van der Waals surface area contributed by atoms with Gasteiger partial charge in [-0.1, -0.05) is 64.7 Å². The van der Waals surface area contributed by atoms with Gasteiger partial charge in [0.2, 0.25) is 11.8 Å². The number of carboxylic acid groups (broad SMARTS) is 2. The predicted molar refractivity (Wildman–Crippen MR) is 128 cm³/mol. The van der Waals surface area contributed by atoms with Crippen molar-refractivity contribution >= 4 is 23.8 Å². The SMILES string of the molecule is CCCCCCCCCCCC(=O)N[C@@H](CCC(N)=O)C(=O)O.NCCCC[C@H](N)C(=O)O. The molecule has 0 bridgehead atoms. The van der Waals surface area contributed by atoms with Crippen molar-refractivity contribution in [3.05, 3.63) is 0 Å². The van der Waals surface area contributed by atoms with Gasteiger partial charge in [-0.25, -0.2) is 4.79 Å². The minimum atomic E-state index is -1.13. The van der Waals surface area contributed by atoms with Crippen LogP contribution in [-0.2, 0) is 19.2 Å². The van der Waals surface area contributed by atoms with Gasteiger partial charge in [-0.3, -0.25) is 14.4 Å². The highest BCUT2D eigenvalue weighted by molar-refractivity contribution is 5.84. The van der Waals surface area contributed by atoms with Crippen LogP contribution in [0.5, 0.6) is 0 Å². The Kier molecular flexibility index (Phi) is 23.0. The highest BCUT2D eigenvalue weighted by Crippen LogP contribution is 2.10. The highest BCUT2D eigenvalue weighted by Gasteiger charge is 2.20. The first-order valence-corrected chi connectivity index (χ1v) is 12.1. The van der Waals surface area contributed by atoms with E-state index in [1.165, 1.54) is 38.5 Å². The molecule has 33 heavy (non-hydrogen) atoms. The van der Waals surface area contributed by atoms with Crippen LogP contribution in [0.2, 0.25) is 0 Å². The molecule has 0 saturated carbocycles. The first-order chi connectivity index (χ1) is 15.6. The third-order valence-electron chi connectivity index (χ3n) is 5.11. The van der Waals surface area contributed by atoms with E-state index >= 15 is 0 Å². The van der Waals surface area contributed by atoms with Crippen LogP contribution >= 0.6 is 0 Å². The smallest absolute Gasteiger partial charge is 0.326 e. The molecule has 0 aromatic rings. The van der Waals surface area contributed by atoms with Crippen molar-refractivity contribution in [2.45, 2.75) is 115 Å². The Hall–Kier alpha value is -2.20. The average Bonchev–Trinajstić information content (AvgIpc) is 2.75. The summed E-state index contributed by atoms with van der Waals surface area (Å²) in [5.41, 5.74) is 15.4. The summed E-state index contributed by atoms with van der Waals surface area (Å²) in [5.74, 6) is -2.90. The number of hydrogen-bond donors (Lipinski definition) is 6. The van der Waals surface area contributed by atoms with Gasteiger partial charge in [0.25, 0.3) is 0 Å². The van der Waals surface area contributed by atoms with Crippen molar-refractivity contribution in [1.29, 1.82) is 0 Å². The topological polar surface area (TPSA) is 199 Å². The van der Waals surface area contributed by atoms with Gasteiger partial charge < -0.3 is 32.7 Å². The highest BCUT2D eigenvalue weighted by atomic mass is 16.4. The molecular weight excluding hydrogens is 428 g/mol. The predicted octanol–water partition coefficient (Wildman–Crippen LogP) is 2.27. The van der Waals surface area contributed by atoms with E-state index in [0.29, 0.717) is 19.4 Å². The lowest BCUT2D eigenvalue weighted by molar-refractivity contribution is -0.142. The summed E-state index contributed by atoms with van der Waals surface area (Å²) >= 11 is 0. The first kappa shape index (κ1) is 33.0. The molecule has 194 valence electrons. The molecule has 0 radical (unpaired) electrons. The van der Waals surface area contributed by atoms with Crippen LogP contribution in [0.4, 0.5) is 0 Å². The molecule has 10 heteroatoms. The number of unbranched alkanes of at least 4 members (excludes halogenated alkanes) is 9. The molecule has 9 N–H and O–H groups in total. The fourth-order valence-corrected chi connectivity index (χ4v) is 3.04. The van der Waals surface area contributed by atoms with Gasteiger partial charge in [-0.2, -0.15) is 0 Å². The molecular formula is C23H46N4O6. The van der Waals surface area contributed by atoms with Crippen molar-refractivity contribution < 1.29 is 29.4 Å². The summed E-state index contributed by atoms with van der Waals surface area (Å²) in [4.78, 5) is 43.5. The number of hydrogen-bond acceptors (Lipinski definition) is 6. The van der Waals surface area contributed by atoms with E-state index in [1.54, 1.807) is 0 Å². The van der Waals surface area contributed by atoms with E-state index in [1.807, 2.05) is 0 Å². The maximum absolute atomic E-state index is 11.7. The lowest BCUT2D eigenvalue weighted by atomic mass is 10.1. The zero-order valence-electron chi connectivity index (χ0n) is 20.2. The van der Waals surface area contributed by atoms with Crippen LogP contribution in [0.25, 0.3) is 0 Å². The maximum atomic E-state index is 11.7. The summed E-state index contributed by atoms with van der Waals surface area (Å²) in [7, 11) is 0. The Labute approximate surface area is 198 Å². The minimum Gasteiger partial charge on any atom is -0.480 e. The van der Waals surface area contributed by atoms with Crippen LogP contribution in [-0.4, -0.2) is 52.6 Å². The van der Waals surface area contributed by atoms with Gasteiger partial charge in [-0.05, 0) is 32.2 Å². The second-order valence-electron chi connectivity index (χ2n) is 8.27. The lowest BCUT2D eigenvalue weighted by Crippen LogP contribution is -2.41. The molecule has 2 amide bonds. The van der Waals surface area contributed by atoms with Crippen molar-refractivity contribution in [2.24, 2.45) is 17.2 Å². The lowest BCUT2D eigenvalue weighted by Gasteiger charge is -2.13. The standard InChI is InChI=1S/C17H32N2O4.C6H14N2O2/c1-2-3-4-5-6-7-8-9-10-11-16(21)19-14(17(22)23)12-13-15(18)20;7-4-2-1-3-5(8)6(9)10/h14H,2-13H2,1H3,(H2,18,20)(H,19,21)(H,22,23);5H,1-4,7-8H2,(H,9,10)/t14-;5-/m00/s1. The van der Waals surface area contributed by atoms with Crippen LogP contribution in [0, 0.1) is 0 Å². The largest absolute Gasteiger partial charge is 0.480 e. The van der Waals surface area contributed by atoms with E-state index in [2.05, 4.69) is 12.2 Å². The maximum Gasteiger partial charge on any atom is 0.326 e. The number of primary amides is 1. The van der Waals surface area contributed by atoms with E-state index in [-0.39, 0.29) is 18.7 Å². The molecule has 0 aromatic carbocycles. The Morgan fingerprint density at radius 2 is 1.30 bits per heavy atom. The van der Waals surface area contributed by atoms with Crippen molar-refractivity contribution in [3.8, 4) is 0 Å². The Bertz CT molecular complexity index is 545. The van der Waals surface area contributed by atoms with Crippen LogP contribution in [0.15, 0.2) is 0 Å². The average molecular weight is 475 g/mol. The molecule has 0 aliphatic rings. The fourth-order valence-electron chi connectivity index (χ4n) is 3.04. The molecule has 0 aliphatic carbocycles. The molecule has 0 unspecified atom stereocenters. The van der Waals surface area contributed by atoms with Crippen molar-refractivity contribution in [2.75, 3.05) is 6.54 Å². The number of carbonyl (C=O) groups is 4. The minimum absolute atomic E-state index is 0.0359. The van der Waals surface area contributed by atoms with E-state index < -0.39 is 29.9 Å². The zero-order valence-corrected chi connectivity index (χ0v) is 20.2. The second-order valence-corrected chi connectivity index (χ2v) is 8.27. The zero-order chi connectivity index (χ0) is 25.5. The Morgan fingerprint density at radius 1 is 0.758 bits per heavy atom. The molecule has 10 nitrogen and oxygen atoms in total. The monoisotopic (exact) mass is 474 g/mol. The molecule has 0 saturated heterocycles. The summed E-state index contributed by atoms with van der Waals surface area (Å²) in [6.07, 6.45) is 13.0. The molecule has 0 spiro atoms. The van der Waals surface area contributed by atoms with Gasteiger partial charge >= 0.3 is 11.9 Å². The number of aliphatic carboxylic acids is 2. The summed E-state index contributed by atoms with van der Waals surface area (Å²) in [6.45, 7) is 2.81. The molecule has 2 atom stereocenters. The van der Waals surface area contributed by atoms with E-state index in [4.69, 9.17) is 27.4 Å². The number of rotatable bonds is 20. The fraction of sp³-hybridized carbons (Fsp3) is 0.826. The van der Waals surface area contributed by atoms with Gasteiger partial charge in [0, 0.05) is 12.8 Å². The summed E-state index contributed by atoms with van der Waals surface area (Å²) in [6, 6.07) is -1.75.